The zero-order chi connectivity index (χ0) is 16.4. The van der Waals surface area contributed by atoms with Crippen LogP contribution in [0.3, 0.4) is 0 Å². The van der Waals surface area contributed by atoms with Crippen molar-refractivity contribution in [3.63, 3.8) is 0 Å². The summed E-state index contributed by atoms with van der Waals surface area (Å²) in [5.74, 6) is 1.02. The van der Waals surface area contributed by atoms with E-state index >= 15 is 0 Å². The Morgan fingerprint density at radius 2 is 2.09 bits per heavy atom. The van der Waals surface area contributed by atoms with Crippen LogP contribution in [0.2, 0.25) is 0 Å². The standard InChI is InChI=1S/C15H31N5O2/c1-16-15(18-9-12-22-4)17-8-6-11-20-10-5-7-13(20)14(21)19(2)3/h13H,5-12H2,1-4H3,(H2,16,17,18). The average Bonchev–Trinajstić information content (AvgIpc) is 2.97. The molecule has 1 rings (SSSR count). The maximum absolute atomic E-state index is 12.1. The summed E-state index contributed by atoms with van der Waals surface area (Å²) in [7, 11) is 7.10. The zero-order valence-electron chi connectivity index (χ0n) is 14.4. The minimum absolute atomic E-state index is 0.0640. The summed E-state index contributed by atoms with van der Waals surface area (Å²) in [6, 6.07) is 0.0640. The number of carbonyl (C=O) groups excluding carboxylic acids is 1. The van der Waals surface area contributed by atoms with Gasteiger partial charge in [0, 0.05) is 47.9 Å². The number of aliphatic imine (C=N–C) groups is 1. The van der Waals surface area contributed by atoms with E-state index in [0.29, 0.717) is 6.61 Å². The maximum Gasteiger partial charge on any atom is 0.239 e. The predicted octanol–water partition coefficient (Wildman–Crippen LogP) is -0.259. The van der Waals surface area contributed by atoms with Crippen LogP contribution in [0.15, 0.2) is 4.99 Å². The molecule has 1 amide bonds. The summed E-state index contributed by atoms with van der Waals surface area (Å²) < 4.78 is 5.00. The number of ether oxygens (including phenoxy) is 1. The molecule has 0 radical (unpaired) electrons. The minimum Gasteiger partial charge on any atom is -0.383 e. The van der Waals surface area contributed by atoms with E-state index in [1.807, 2.05) is 14.1 Å². The Morgan fingerprint density at radius 1 is 1.36 bits per heavy atom. The van der Waals surface area contributed by atoms with Crippen LogP contribution in [0, 0.1) is 0 Å². The normalized spacial score (nSPS) is 19.3. The Labute approximate surface area is 134 Å². The molecular formula is C15H31N5O2. The maximum atomic E-state index is 12.1. The molecule has 0 aromatic carbocycles. The molecule has 1 heterocycles. The highest BCUT2D eigenvalue weighted by atomic mass is 16.5. The van der Waals surface area contributed by atoms with Crippen molar-refractivity contribution in [1.82, 2.24) is 20.4 Å². The number of methoxy groups -OCH3 is 1. The van der Waals surface area contributed by atoms with Crippen LogP contribution in [0.1, 0.15) is 19.3 Å². The van der Waals surface area contributed by atoms with Crippen molar-refractivity contribution in [3.8, 4) is 0 Å². The van der Waals surface area contributed by atoms with Crippen molar-refractivity contribution < 1.29 is 9.53 Å². The first-order valence-corrected chi connectivity index (χ1v) is 7.98. The fourth-order valence-electron chi connectivity index (χ4n) is 2.65. The van der Waals surface area contributed by atoms with Crippen LogP contribution < -0.4 is 10.6 Å². The van der Waals surface area contributed by atoms with Crippen LogP contribution in [0.25, 0.3) is 0 Å². The molecule has 7 nitrogen and oxygen atoms in total. The lowest BCUT2D eigenvalue weighted by molar-refractivity contribution is -0.133. The molecule has 0 spiro atoms. The van der Waals surface area contributed by atoms with E-state index in [0.717, 1.165) is 51.4 Å². The number of nitrogens with zero attached hydrogens (tertiary/aromatic N) is 3. The van der Waals surface area contributed by atoms with Gasteiger partial charge in [-0.3, -0.25) is 14.7 Å². The summed E-state index contributed by atoms with van der Waals surface area (Å²) in [5.41, 5.74) is 0. The number of carbonyl (C=O) groups is 1. The van der Waals surface area contributed by atoms with Crippen LogP contribution >= 0.6 is 0 Å². The molecule has 1 fully saturated rings. The van der Waals surface area contributed by atoms with Crippen molar-refractivity contribution in [1.29, 1.82) is 0 Å². The summed E-state index contributed by atoms with van der Waals surface area (Å²) in [6.45, 7) is 4.19. The Bertz CT molecular complexity index is 360. The predicted molar refractivity (Wildman–Crippen MR) is 89.1 cm³/mol. The molecular weight excluding hydrogens is 282 g/mol. The van der Waals surface area contributed by atoms with E-state index < -0.39 is 0 Å². The van der Waals surface area contributed by atoms with Gasteiger partial charge in [-0.1, -0.05) is 0 Å². The van der Waals surface area contributed by atoms with Gasteiger partial charge in [-0.2, -0.15) is 0 Å². The van der Waals surface area contributed by atoms with Crippen molar-refractivity contribution in [2.75, 3.05) is 61.0 Å². The highest BCUT2D eigenvalue weighted by Crippen LogP contribution is 2.18. The third kappa shape index (κ3) is 6.19. The number of hydrogen-bond acceptors (Lipinski definition) is 4. The van der Waals surface area contributed by atoms with E-state index in [-0.39, 0.29) is 11.9 Å². The quantitative estimate of drug-likeness (QED) is 0.367. The van der Waals surface area contributed by atoms with Crippen LogP contribution in [-0.4, -0.2) is 88.7 Å². The van der Waals surface area contributed by atoms with Crippen LogP contribution in [-0.2, 0) is 9.53 Å². The van der Waals surface area contributed by atoms with Gasteiger partial charge < -0.3 is 20.3 Å². The first-order valence-electron chi connectivity index (χ1n) is 7.98. The third-order valence-corrected chi connectivity index (χ3v) is 3.83. The largest absolute Gasteiger partial charge is 0.383 e. The van der Waals surface area contributed by atoms with Crippen molar-refractivity contribution in [3.05, 3.63) is 0 Å². The van der Waals surface area contributed by atoms with E-state index in [9.17, 15) is 4.79 Å². The lowest BCUT2D eigenvalue weighted by Crippen LogP contribution is -2.44. The van der Waals surface area contributed by atoms with Crippen molar-refractivity contribution in [2.45, 2.75) is 25.3 Å². The Hall–Kier alpha value is -1.34. The molecule has 0 aliphatic carbocycles. The fraction of sp³-hybridized carbons (Fsp3) is 0.867. The molecule has 0 saturated carbocycles. The SMILES string of the molecule is CN=C(NCCCN1CCCC1C(=O)N(C)C)NCCOC. The molecule has 0 aromatic heterocycles. The third-order valence-electron chi connectivity index (χ3n) is 3.83. The number of nitrogens with one attached hydrogen (secondary N) is 2. The van der Waals surface area contributed by atoms with Gasteiger partial charge in [0.2, 0.25) is 5.91 Å². The molecule has 0 aromatic rings. The lowest BCUT2D eigenvalue weighted by atomic mass is 10.2. The number of amides is 1. The summed E-state index contributed by atoms with van der Waals surface area (Å²) in [4.78, 5) is 20.3. The first kappa shape index (κ1) is 18.7. The van der Waals surface area contributed by atoms with Crippen molar-refractivity contribution in [2.24, 2.45) is 4.99 Å². The van der Waals surface area contributed by atoms with Crippen molar-refractivity contribution >= 4 is 11.9 Å². The van der Waals surface area contributed by atoms with Gasteiger partial charge in [-0.25, -0.2) is 0 Å². The molecule has 1 saturated heterocycles. The second-order valence-corrected chi connectivity index (χ2v) is 5.70. The molecule has 1 unspecified atom stereocenters. The van der Waals surface area contributed by atoms with E-state index in [1.165, 1.54) is 0 Å². The molecule has 0 bridgehead atoms. The Kier molecular flexibility index (Phi) is 8.84. The van der Waals surface area contributed by atoms with Crippen LogP contribution in [0.4, 0.5) is 0 Å². The zero-order valence-corrected chi connectivity index (χ0v) is 14.4. The lowest BCUT2D eigenvalue weighted by Gasteiger charge is -2.26. The molecule has 1 atom stereocenters. The van der Waals surface area contributed by atoms with Crippen LogP contribution in [0.5, 0.6) is 0 Å². The number of likely N-dealkylation sites (tertiary alicyclic amines) is 1. The number of hydrogen-bond donors (Lipinski definition) is 2. The van der Waals surface area contributed by atoms with Gasteiger partial charge in [-0.15, -0.1) is 0 Å². The highest BCUT2D eigenvalue weighted by Gasteiger charge is 2.30. The average molecular weight is 313 g/mol. The number of rotatable bonds is 8. The van der Waals surface area contributed by atoms with Gasteiger partial charge in [0.1, 0.15) is 0 Å². The monoisotopic (exact) mass is 313 g/mol. The molecule has 7 heteroatoms. The smallest absolute Gasteiger partial charge is 0.239 e. The topological polar surface area (TPSA) is 69.2 Å². The molecule has 1 aliphatic rings. The van der Waals surface area contributed by atoms with E-state index in [4.69, 9.17) is 4.74 Å². The first-order chi connectivity index (χ1) is 10.6. The van der Waals surface area contributed by atoms with Gasteiger partial charge in [0.15, 0.2) is 5.96 Å². The van der Waals surface area contributed by atoms with Gasteiger partial charge in [0.25, 0.3) is 0 Å². The molecule has 2 N–H and O–H groups in total. The fourth-order valence-corrected chi connectivity index (χ4v) is 2.65. The van der Waals surface area contributed by atoms with E-state index in [2.05, 4.69) is 20.5 Å². The molecule has 22 heavy (non-hydrogen) atoms. The second kappa shape index (κ2) is 10.4. The molecule has 128 valence electrons. The van der Waals surface area contributed by atoms with E-state index in [1.54, 1.807) is 19.1 Å². The number of guanidine groups is 1. The van der Waals surface area contributed by atoms with Gasteiger partial charge >= 0.3 is 0 Å². The Balaban J connectivity index is 2.24. The van der Waals surface area contributed by atoms with Gasteiger partial charge in [0.05, 0.1) is 12.6 Å². The number of likely N-dealkylation sites (N-methyl/N-ethyl adjacent to an activating group) is 1. The second-order valence-electron chi connectivity index (χ2n) is 5.70. The minimum atomic E-state index is 0.0640. The van der Waals surface area contributed by atoms with Gasteiger partial charge in [-0.05, 0) is 25.8 Å². The molecule has 1 aliphatic heterocycles. The summed E-state index contributed by atoms with van der Waals surface area (Å²) >= 11 is 0. The highest BCUT2D eigenvalue weighted by molar-refractivity contribution is 5.81. The Morgan fingerprint density at radius 3 is 2.73 bits per heavy atom. The summed E-state index contributed by atoms with van der Waals surface area (Å²) in [6.07, 6.45) is 3.07. The summed E-state index contributed by atoms with van der Waals surface area (Å²) in [5, 5.41) is 6.46.